The molecule has 0 bridgehead atoms. The Kier molecular flexibility index (Phi) is 4.77. The zero-order valence-electron chi connectivity index (χ0n) is 15.2. The van der Waals surface area contributed by atoms with E-state index in [2.05, 4.69) is 15.2 Å². The lowest BCUT2D eigenvalue weighted by molar-refractivity contribution is -0.148. The van der Waals surface area contributed by atoms with Crippen LogP contribution in [0, 0.1) is 5.82 Å². The van der Waals surface area contributed by atoms with Gasteiger partial charge in [0.1, 0.15) is 5.82 Å². The average molecular weight is 410 g/mol. The zero-order valence-corrected chi connectivity index (χ0v) is 15.2. The van der Waals surface area contributed by atoms with Crippen molar-refractivity contribution in [2.75, 3.05) is 6.54 Å². The fraction of sp³-hybridized carbons (Fsp3) is 0.389. The number of H-pyrrole nitrogens is 1. The summed E-state index contributed by atoms with van der Waals surface area (Å²) in [5.41, 5.74) is 7.69. The molecular formula is C18H18F4N6O. The largest absolute Gasteiger partial charge is 0.451 e. The number of benzene rings is 1. The van der Waals surface area contributed by atoms with Gasteiger partial charge in [-0.2, -0.15) is 13.2 Å². The minimum atomic E-state index is -4.58. The van der Waals surface area contributed by atoms with Gasteiger partial charge in [-0.3, -0.25) is 4.79 Å². The van der Waals surface area contributed by atoms with E-state index in [0.29, 0.717) is 11.8 Å². The Morgan fingerprint density at radius 1 is 1.28 bits per heavy atom. The van der Waals surface area contributed by atoms with Crippen LogP contribution in [-0.2, 0) is 30.5 Å². The number of amides is 1. The molecule has 29 heavy (non-hydrogen) atoms. The molecule has 2 aromatic heterocycles. The van der Waals surface area contributed by atoms with Crippen LogP contribution in [0.4, 0.5) is 17.6 Å². The maximum absolute atomic E-state index is 13.5. The Morgan fingerprint density at radius 3 is 2.83 bits per heavy atom. The van der Waals surface area contributed by atoms with Crippen LogP contribution in [0.15, 0.2) is 24.4 Å². The highest BCUT2D eigenvalue weighted by atomic mass is 19.4. The van der Waals surface area contributed by atoms with Crippen molar-refractivity contribution in [2.45, 2.75) is 38.1 Å². The number of halogens is 4. The Hall–Kier alpha value is -2.95. The van der Waals surface area contributed by atoms with Crippen molar-refractivity contribution < 1.29 is 22.4 Å². The van der Waals surface area contributed by atoms with Gasteiger partial charge in [0, 0.05) is 42.7 Å². The Bertz CT molecular complexity index is 1060. The van der Waals surface area contributed by atoms with Crippen LogP contribution in [0.5, 0.6) is 0 Å². The first-order valence-electron chi connectivity index (χ1n) is 9.00. The molecule has 3 heterocycles. The molecule has 1 amide bonds. The van der Waals surface area contributed by atoms with Gasteiger partial charge in [-0.05, 0) is 30.2 Å². The molecular weight excluding hydrogens is 392 g/mol. The van der Waals surface area contributed by atoms with Crippen molar-refractivity contribution in [1.82, 2.24) is 24.6 Å². The minimum absolute atomic E-state index is 0.0161. The monoisotopic (exact) mass is 410 g/mol. The van der Waals surface area contributed by atoms with E-state index < -0.39 is 18.0 Å². The number of aromatic amines is 1. The summed E-state index contributed by atoms with van der Waals surface area (Å²) in [6.45, 7) is 0.0464. The second-order valence-corrected chi connectivity index (χ2v) is 7.08. The fourth-order valence-corrected chi connectivity index (χ4v) is 3.61. The van der Waals surface area contributed by atoms with Crippen LogP contribution in [0.2, 0.25) is 0 Å². The second-order valence-electron chi connectivity index (χ2n) is 7.08. The van der Waals surface area contributed by atoms with Gasteiger partial charge >= 0.3 is 6.18 Å². The predicted octanol–water partition coefficient (Wildman–Crippen LogP) is 2.22. The highest BCUT2D eigenvalue weighted by molar-refractivity contribution is 5.83. The molecule has 0 saturated carbocycles. The first-order chi connectivity index (χ1) is 13.7. The lowest BCUT2D eigenvalue weighted by Crippen LogP contribution is -2.42. The average Bonchev–Trinajstić information content (AvgIpc) is 3.25. The number of rotatable bonds is 4. The summed E-state index contributed by atoms with van der Waals surface area (Å²) in [7, 11) is 0. The molecule has 0 saturated heterocycles. The number of nitrogens with one attached hydrogen (secondary N) is 1. The molecule has 1 unspecified atom stereocenters. The van der Waals surface area contributed by atoms with E-state index >= 15 is 0 Å². The smallest absolute Gasteiger partial charge is 0.361 e. The van der Waals surface area contributed by atoms with E-state index in [1.165, 1.54) is 17.0 Å². The number of nitrogens with two attached hydrogens (primary N) is 1. The van der Waals surface area contributed by atoms with E-state index in [1.807, 2.05) is 0 Å². The summed E-state index contributed by atoms with van der Waals surface area (Å²) in [5, 5.41) is 7.47. The van der Waals surface area contributed by atoms with Gasteiger partial charge < -0.3 is 20.2 Å². The number of nitrogens with zero attached hydrogens (tertiary/aromatic N) is 4. The Balaban J connectivity index is 1.40. The molecule has 1 aliphatic rings. The van der Waals surface area contributed by atoms with Gasteiger partial charge in [0.2, 0.25) is 11.7 Å². The lowest BCUT2D eigenvalue weighted by Gasteiger charge is -2.29. The molecule has 1 aromatic carbocycles. The van der Waals surface area contributed by atoms with Gasteiger partial charge in [0.15, 0.2) is 5.82 Å². The van der Waals surface area contributed by atoms with Crippen molar-refractivity contribution in [3.05, 3.63) is 47.4 Å². The van der Waals surface area contributed by atoms with Gasteiger partial charge in [-0.1, -0.05) is 0 Å². The van der Waals surface area contributed by atoms with E-state index in [0.717, 1.165) is 15.6 Å². The van der Waals surface area contributed by atoms with Crippen LogP contribution in [0.25, 0.3) is 10.9 Å². The summed E-state index contributed by atoms with van der Waals surface area (Å²) in [4.78, 5) is 17.0. The molecule has 0 spiro atoms. The number of alkyl halides is 3. The molecule has 1 aliphatic heterocycles. The quantitative estimate of drug-likeness (QED) is 0.645. The number of hydrogen-bond donors (Lipinski definition) is 2. The van der Waals surface area contributed by atoms with Crippen molar-refractivity contribution in [1.29, 1.82) is 0 Å². The molecule has 1 atom stereocenters. The summed E-state index contributed by atoms with van der Waals surface area (Å²) < 4.78 is 53.2. The number of aromatic nitrogens is 4. The Morgan fingerprint density at radius 2 is 2.07 bits per heavy atom. The molecule has 3 aromatic rings. The highest BCUT2D eigenvalue weighted by Gasteiger charge is 2.39. The lowest BCUT2D eigenvalue weighted by atomic mass is 10.0. The van der Waals surface area contributed by atoms with Crippen molar-refractivity contribution in [3.8, 4) is 0 Å². The fourth-order valence-electron chi connectivity index (χ4n) is 3.61. The summed E-state index contributed by atoms with van der Waals surface area (Å²) in [6, 6.07) is 3.87. The third kappa shape index (κ3) is 3.82. The molecule has 4 rings (SSSR count). The third-order valence-electron chi connectivity index (χ3n) is 5.01. The molecule has 0 aliphatic carbocycles. The van der Waals surface area contributed by atoms with Crippen molar-refractivity contribution in [3.63, 3.8) is 0 Å². The molecule has 0 radical (unpaired) electrons. The molecule has 7 nitrogen and oxygen atoms in total. The standard InChI is InChI=1S/C18H18F4N6O/c19-11-1-2-14-13(6-11)10(8-24-14)5-12(23)7-16(29)27-3-4-28-15(9-27)25-26-17(28)18(20,21)22/h1-2,6,8,12,24H,3-5,7,9,23H2. The van der Waals surface area contributed by atoms with E-state index in [-0.39, 0.29) is 43.6 Å². The Labute approximate surface area is 162 Å². The zero-order chi connectivity index (χ0) is 20.8. The first-order valence-corrected chi connectivity index (χ1v) is 9.00. The van der Waals surface area contributed by atoms with Crippen molar-refractivity contribution in [2.24, 2.45) is 5.73 Å². The van der Waals surface area contributed by atoms with Crippen LogP contribution < -0.4 is 5.73 Å². The van der Waals surface area contributed by atoms with E-state index in [9.17, 15) is 22.4 Å². The van der Waals surface area contributed by atoms with Gasteiger partial charge in [0.25, 0.3) is 0 Å². The topological polar surface area (TPSA) is 92.8 Å². The summed E-state index contributed by atoms with van der Waals surface area (Å²) >= 11 is 0. The molecule has 0 fully saturated rings. The highest BCUT2D eigenvalue weighted by Crippen LogP contribution is 2.29. The number of carbonyl (C=O) groups excluding carboxylic acids is 1. The van der Waals surface area contributed by atoms with Gasteiger partial charge in [-0.15, -0.1) is 10.2 Å². The van der Waals surface area contributed by atoms with Gasteiger partial charge in [-0.25, -0.2) is 4.39 Å². The normalized spacial score (nSPS) is 15.6. The third-order valence-corrected chi connectivity index (χ3v) is 5.01. The van der Waals surface area contributed by atoms with Crippen LogP contribution in [-0.4, -0.2) is 43.1 Å². The number of hydrogen-bond acceptors (Lipinski definition) is 4. The summed E-state index contributed by atoms with van der Waals surface area (Å²) in [5.74, 6) is -1.59. The number of carbonyl (C=O) groups is 1. The molecule has 154 valence electrons. The predicted molar refractivity (Wildman–Crippen MR) is 95.0 cm³/mol. The minimum Gasteiger partial charge on any atom is -0.361 e. The maximum Gasteiger partial charge on any atom is 0.451 e. The van der Waals surface area contributed by atoms with E-state index in [1.54, 1.807) is 12.3 Å². The number of fused-ring (bicyclic) bond motifs is 2. The second kappa shape index (κ2) is 7.14. The summed E-state index contributed by atoms with van der Waals surface area (Å²) in [6.07, 6.45) is -2.48. The van der Waals surface area contributed by atoms with Crippen LogP contribution in [0.3, 0.4) is 0 Å². The maximum atomic E-state index is 13.5. The van der Waals surface area contributed by atoms with Crippen molar-refractivity contribution >= 4 is 16.8 Å². The van der Waals surface area contributed by atoms with Crippen LogP contribution in [0.1, 0.15) is 23.6 Å². The molecule has 11 heteroatoms. The molecule has 3 N–H and O–H groups in total. The first kappa shape index (κ1) is 19.4. The SMILES string of the molecule is NC(CC(=O)N1CCn2c(nnc2C(F)(F)F)C1)Cc1c[nH]c2ccc(F)cc12. The van der Waals surface area contributed by atoms with Gasteiger partial charge in [0.05, 0.1) is 6.54 Å². The van der Waals surface area contributed by atoms with Crippen LogP contribution >= 0.6 is 0 Å². The van der Waals surface area contributed by atoms with E-state index in [4.69, 9.17) is 5.73 Å².